The summed E-state index contributed by atoms with van der Waals surface area (Å²) >= 11 is 0. The number of rotatable bonds is 4. The topological polar surface area (TPSA) is 96.3 Å². The van der Waals surface area contributed by atoms with Crippen molar-refractivity contribution < 1.29 is 24.2 Å². The van der Waals surface area contributed by atoms with Gasteiger partial charge >= 0.3 is 0 Å². The highest BCUT2D eigenvalue weighted by Gasteiger charge is 2.40. The first-order chi connectivity index (χ1) is 9.93. The number of aliphatic hydroxyl groups excluding tert-OH is 1. The number of amides is 2. The molecule has 0 aliphatic carbocycles. The van der Waals surface area contributed by atoms with Crippen molar-refractivity contribution in [3.8, 4) is 5.75 Å². The Kier molecular flexibility index (Phi) is 4.02. The van der Waals surface area contributed by atoms with Crippen LogP contribution in [0, 0.1) is 5.92 Å². The van der Waals surface area contributed by atoms with E-state index < -0.39 is 29.5 Å². The predicted octanol–water partition coefficient (Wildman–Crippen LogP) is 0.683. The second-order valence-electron chi connectivity index (χ2n) is 4.57. The molecule has 0 radical (unpaired) electrons. The zero-order valence-electron chi connectivity index (χ0n) is 11.6. The largest absolute Gasteiger partial charge is 0.497 e. The second kappa shape index (κ2) is 5.74. The van der Waals surface area contributed by atoms with Crippen LogP contribution < -0.4 is 4.74 Å². The van der Waals surface area contributed by atoms with E-state index >= 15 is 0 Å². The summed E-state index contributed by atoms with van der Waals surface area (Å²) in [5.74, 6) is -3.20. The molecule has 1 atom stereocenters. The zero-order chi connectivity index (χ0) is 15.6. The SMILES string of the molecule is COc1cccc(CN2C(=O)C(C(C)=O)C(=O)N=C2O)c1. The van der Waals surface area contributed by atoms with Gasteiger partial charge in [0.2, 0.25) is 0 Å². The lowest BCUT2D eigenvalue weighted by atomic mass is 10.0. The van der Waals surface area contributed by atoms with Crippen LogP contribution >= 0.6 is 0 Å². The molecular formula is C14H14N2O5. The van der Waals surface area contributed by atoms with Gasteiger partial charge in [-0.3, -0.25) is 19.3 Å². The fraction of sp³-hybridized carbons (Fsp3) is 0.286. The normalized spacial score (nSPS) is 18.5. The first kappa shape index (κ1) is 14.7. The van der Waals surface area contributed by atoms with Crippen LogP contribution in [-0.4, -0.2) is 40.7 Å². The average molecular weight is 290 g/mol. The number of ketones is 1. The van der Waals surface area contributed by atoms with E-state index in [1.165, 1.54) is 7.11 Å². The van der Waals surface area contributed by atoms with Gasteiger partial charge in [-0.2, -0.15) is 4.99 Å². The van der Waals surface area contributed by atoms with Crippen molar-refractivity contribution in [1.29, 1.82) is 0 Å². The summed E-state index contributed by atoms with van der Waals surface area (Å²) in [6.07, 6.45) is 0. The van der Waals surface area contributed by atoms with Crippen molar-refractivity contribution in [2.45, 2.75) is 13.5 Å². The van der Waals surface area contributed by atoms with E-state index in [4.69, 9.17) is 4.74 Å². The number of hydrogen-bond donors (Lipinski definition) is 1. The van der Waals surface area contributed by atoms with Crippen LogP contribution in [0.25, 0.3) is 0 Å². The lowest BCUT2D eigenvalue weighted by Crippen LogP contribution is -2.49. The fourth-order valence-electron chi connectivity index (χ4n) is 2.03. The molecule has 7 heteroatoms. The monoisotopic (exact) mass is 290 g/mol. The van der Waals surface area contributed by atoms with E-state index in [0.717, 1.165) is 11.8 Å². The highest BCUT2D eigenvalue weighted by molar-refractivity contribution is 6.24. The Hall–Kier alpha value is -2.70. The third-order valence-electron chi connectivity index (χ3n) is 3.09. The quantitative estimate of drug-likeness (QED) is 0.823. The molecule has 0 aromatic heterocycles. The molecule has 1 aliphatic rings. The van der Waals surface area contributed by atoms with Crippen LogP contribution in [0.4, 0.5) is 0 Å². The average Bonchev–Trinajstić information content (AvgIpc) is 2.43. The Morgan fingerprint density at radius 3 is 2.76 bits per heavy atom. The van der Waals surface area contributed by atoms with Crippen LogP contribution in [-0.2, 0) is 20.9 Å². The zero-order valence-corrected chi connectivity index (χ0v) is 11.6. The fourth-order valence-corrected chi connectivity index (χ4v) is 2.03. The summed E-state index contributed by atoms with van der Waals surface area (Å²) in [6, 6.07) is 6.16. The van der Waals surface area contributed by atoms with Crippen molar-refractivity contribution in [3.05, 3.63) is 29.8 Å². The molecule has 1 aliphatic heterocycles. The summed E-state index contributed by atoms with van der Waals surface area (Å²) in [5, 5.41) is 9.69. The van der Waals surface area contributed by atoms with Crippen molar-refractivity contribution in [1.82, 2.24) is 4.90 Å². The van der Waals surface area contributed by atoms with Crippen LogP contribution in [0.1, 0.15) is 12.5 Å². The molecule has 21 heavy (non-hydrogen) atoms. The maximum Gasteiger partial charge on any atom is 0.299 e. The standard InChI is InChI=1S/C14H14N2O5/c1-8(17)11-12(18)15-14(20)16(13(11)19)7-9-4-3-5-10(6-9)21-2/h3-6,11H,7H2,1-2H3,(H,15,18,20). The molecule has 1 aromatic carbocycles. The Morgan fingerprint density at radius 1 is 1.43 bits per heavy atom. The minimum absolute atomic E-state index is 0.0115. The molecule has 110 valence electrons. The summed E-state index contributed by atoms with van der Waals surface area (Å²) < 4.78 is 5.07. The smallest absolute Gasteiger partial charge is 0.299 e. The van der Waals surface area contributed by atoms with Crippen molar-refractivity contribution in [3.63, 3.8) is 0 Å². The van der Waals surface area contributed by atoms with Gasteiger partial charge in [0.15, 0.2) is 11.7 Å². The predicted molar refractivity (Wildman–Crippen MR) is 72.8 cm³/mol. The van der Waals surface area contributed by atoms with Crippen LogP contribution in [0.15, 0.2) is 29.3 Å². The molecule has 2 rings (SSSR count). The Morgan fingerprint density at radius 2 is 2.14 bits per heavy atom. The third kappa shape index (κ3) is 2.91. The first-order valence-electron chi connectivity index (χ1n) is 6.20. The van der Waals surface area contributed by atoms with E-state index in [1.54, 1.807) is 24.3 Å². The van der Waals surface area contributed by atoms with Crippen molar-refractivity contribution in [2.24, 2.45) is 10.9 Å². The molecule has 0 spiro atoms. The number of hydrogen-bond acceptors (Lipinski definition) is 4. The maximum absolute atomic E-state index is 12.2. The molecule has 0 saturated heterocycles. The summed E-state index contributed by atoms with van der Waals surface area (Å²) in [7, 11) is 1.51. The van der Waals surface area contributed by atoms with Gasteiger partial charge in [-0.15, -0.1) is 0 Å². The number of methoxy groups -OCH3 is 1. The summed E-state index contributed by atoms with van der Waals surface area (Å²) in [4.78, 5) is 39.3. The Bertz CT molecular complexity index is 638. The number of benzene rings is 1. The van der Waals surface area contributed by atoms with Crippen molar-refractivity contribution in [2.75, 3.05) is 7.11 Å². The van der Waals surface area contributed by atoms with E-state index in [9.17, 15) is 19.5 Å². The summed E-state index contributed by atoms with van der Waals surface area (Å²) in [6.45, 7) is 1.13. The number of Topliss-reactive ketones (excluding diaryl/α,β-unsaturated/α-hetero) is 1. The Balaban J connectivity index is 2.29. The molecule has 0 fully saturated rings. The minimum Gasteiger partial charge on any atom is -0.497 e. The minimum atomic E-state index is -1.48. The van der Waals surface area contributed by atoms with Gasteiger partial charge in [0.05, 0.1) is 13.7 Å². The number of carbonyl (C=O) groups excluding carboxylic acids is 3. The first-order valence-corrected chi connectivity index (χ1v) is 6.20. The maximum atomic E-state index is 12.2. The molecule has 1 N–H and O–H groups in total. The lowest BCUT2D eigenvalue weighted by Gasteiger charge is -2.26. The van der Waals surface area contributed by atoms with E-state index in [1.807, 2.05) is 0 Å². The van der Waals surface area contributed by atoms with E-state index in [-0.39, 0.29) is 6.54 Å². The molecule has 1 unspecified atom stereocenters. The van der Waals surface area contributed by atoms with Crippen molar-refractivity contribution >= 4 is 23.6 Å². The van der Waals surface area contributed by atoms with Crippen LogP contribution in [0.3, 0.4) is 0 Å². The second-order valence-corrected chi connectivity index (χ2v) is 4.57. The molecular weight excluding hydrogens is 276 g/mol. The van der Waals surface area contributed by atoms with Gasteiger partial charge in [0, 0.05) is 0 Å². The number of nitrogens with zero attached hydrogens (tertiary/aromatic N) is 2. The number of aliphatic hydroxyl groups is 1. The molecule has 1 heterocycles. The van der Waals surface area contributed by atoms with Gasteiger partial charge in [-0.05, 0) is 24.6 Å². The van der Waals surface area contributed by atoms with Crippen LogP contribution in [0.2, 0.25) is 0 Å². The molecule has 1 aromatic rings. The van der Waals surface area contributed by atoms with Gasteiger partial charge in [-0.1, -0.05) is 12.1 Å². The van der Waals surface area contributed by atoms with Gasteiger partial charge in [0.1, 0.15) is 5.75 Å². The molecule has 2 amide bonds. The van der Waals surface area contributed by atoms with E-state index in [0.29, 0.717) is 11.3 Å². The van der Waals surface area contributed by atoms with E-state index in [2.05, 4.69) is 4.99 Å². The number of carbonyl (C=O) groups is 3. The van der Waals surface area contributed by atoms with Gasteiger partial charge < -0.3 is 9.84 Å². The Labute approximate surface area is 120 Å². The molecule has 0 saturated carbocycles. The third-order valence-corrected chi connectivity index (χ3v) is 3.09. The summed E-state index contributed by atoms with van der Waals surface area (Å²) in [5.41, 5.74) is 0.668. The molecule has 0 bridgehead atoms. The van der Waals surface area contributed by atoms with Gasteiger partial charge in [0.25, 0.3) is 17.8 Å². The van der Waals surface area contributed by atoms with Crippen LogP contribution in [0.5, 0.6) is 5.75 Å². The lowest BCUT2D eigenvalue weighted by molar-refractivity contribution is -0.145. The highest BCUT2D eigenvalue weighted by atomic mass is 16.5. The number of amidine groups is 1. The molecule has 7 nitrogen and oxygen atoms in total. The van der Waals surface area contributed by atoms with Gasteiger partial charge in [-0.25, -0.2) is 0 Å². The number of aliphatic imine (C=N–C) groups is 1. The number of ether oxygens (including phenoxy) is 1. The highest BCUT2D eigenvalue weighted by Crippen LogP contribution is 2.19.